The predicted octanol–water partition coefficient (Wildman–Crippen LogP) is 2.01. The number of sulfone groups is 1. The normalized spacial score (nSPS) is 26.0. The Labute approximate surface area is 223 Å². The first kappa shape index (κ1) is 27.0. The number of carbonyl (C=O) groups excluding carboxylic acids is 2. The van der Waals surface area contributed by atoms with Crippen LogP contribution >= 0.6 is 11.6 Å². The Morgan fingerprint density at radius 2 is 1.82 bits per heavy atom. The summed E-state index contributed by atoms with van der Waals surface area (Å²) in [7, 11) is -4.23. The molecule has 2 aliphatic heterocycles. The maximum Gasteiger partial charge on any atom is 0.403 e. The van der Waals surface area contributed by atoms with E-state index in [9.17, 15) is 36.4 Å². The third kappa shape index (κ3) is 4.60. The summed E-state index contributed by atoms with van der Waals surface area (Å²) >= 11 is 6.40. The summed E-state index contributed by atoms with van der Waals surface area (Å²) in [6.45, 7) is 2.37. The molecule has 2 saturated heterocycles. The molecular formula is C24H27ClF3N5O4S. The van der Waals surface area contributed by atoms with Crippen LogP contribution in [0.3, 0.4) is 0 Å². The van der Waals surface area contributed by atoms with Crippen LogP contribution in [0.1, 0.15) is 32.1 Å². The van der Waals surface area contributed by atoms with Crippen molar-refractivity contribution in [2.75, 3.05) is 37.6 Å². The number of nitrogens with zero attached hydrogens (tertiary/aromatic N) is 3. The standard InChI is InChI=1S/C24H27ClF3N5O4S/c25-17-11-15(32-9-7-30-8-10-32)1-2-19(17)38(36,37)16-12-18(20(34)31-22(14-29)3-4-22)33(13-16)21(35)23(5-6-23)24(26,27)28/h1-2,11,16,18,30H,3-10,12-13H2,(H,31,34)/t16-,18+/m1/s1. The summed E-state index contributed by atoms with van der Waals surface area (Å²) in [6, 6.07) is 5.04. The van der Waals surface area contributed by atoms with Crippen molar-refractivity contribution in [1.29, 1.82) is 5.26 Å². The molecule has 0 unspecified atom stereocenters. The van der Waals surface area contributed by atoms with Crippen molar-refractivity contribution in [2.24, 2.45) is 5.41 Å². The van der Waals surface area contributed by atoms with Crippen LogP contribution in [0.25, 0.3) is 0 Å². The van der Waals surface area contributed by atoms with E-state index in [0.717, 1.165) is 23.7 Å². The Kier molecular flexibility index (Phi) is 6.60. The molecule has 5 rings (SSSR count). The second-order valence-corrected chi connectivity index (χ2v) is 13.1. The smallest absolute Gasteiger partial charge is 0.369 e. The lowest BCUT2D eigenvalue weighted by atomic mass is 10.0. The van der Waals surface area contributed by atoms with Crippen LogP contribution in [0.4, 0.5) is 18.9 Å². The first-order chi connectivity index (χ1) is 17.8. The number of piperazine rings is 1. The van der Waals surface area contributed by atoms with Crippen LogP contribution in [-0.2, 0) is 19.4 Å². The van der Waals surface area contributed by atoms with Crippen molar-refractivity contribution in [3.63, 3.8) is 0 Å². The van der Waals surface area contributed by atoms with E-state index in [1.54, 1.807) is 6.07 Å². The predicted molar refractivity (Wildman–Crippen MR) is 131 cm³/mol. The molecule has 1 aromatic rings. The highest BCUT2D eigenvalue weighted by Crippen LogP contribution is 2.59. The van der Waals surface area contributed by atoms with Gasteiger partial charge >= 0.3 is 6.18 Å². The van der Waals surface area contributed by atoms with Crippen LogP contribution in [0.5, 0.6) is 0 Å². The van der Waals surface area contributed by atoms with E-state index < -0.39 is 75.9 Å². The average Bonchev–Trinajstić information content (AvgIpc) is 3.80. The summed E-state index contributed by atoms with van der Waals surface area (Å²) in [6.07, 6.45) is -5.31. The zero-order valence-electron chi connectivity index (χ0n) is 20.4. The highest BCUT2D eigenvalue weighted by atomic mass is 35.5. The molecule has 0 spiro atoms. The van der Waals surface area contributed by atoms with Crippen LogP contribution < -0.4 is 15.5 Å². The number of likely N-dealkylation sites (tertiary alicyclic amines) is 1. The van der Waals surface area contributed by atoms with Gasteiger partial charge < -0.3 is 20.4 Å². The molecule has 2 atom stereocenters. The summed E-state index contributed by atoms with van der Waals surface area (Å²) in [5.41, 5.74) is -3.00. The number of hydrogen-bond acceptors (Lipinski definition) is 7. The second kappa shape index (κ2) is 9.27. The molecular weight excluding hydrogens is 547 g/mol. The molecule has 4 aliphatic rings. The number of benzene rings is 1. The minimum atomic E-state index is -4.82. The van der Waals surface area contributed by atoms with Gasteiger partial charge in [0.2, 0.25) is 11.8 Å². The molecule has 2 aliphatic carbocycles. The van der Waals surface area contributed by atoms with Crippen LogP contribution in [-0.4, -0.2) is 80.9 Å². The topological polar surface area (TPSA) is 123 Å². The Bertz CT molecular complexity index is 1300. The maximum atomic E-state index is 13.8. The van der Waals surface area contributed by atoms with Crippen LogP contribution in [0, 0.1) is 16.7 Å². The first-order valence-corrected chi connectivity index (χ1v) is 14.4. The molecule has 0 aromatic heterocycles. The number of nitrogens with one attached hydrogen (secondary N) is 2. The van der Waals surface area contributed by atoms with Gasteiger partial charge in [0.25, 0.3) is 0 Å². The Morgan fingerprint density at radius 1 is 1.16 bits per heavy atom. The van der Waals surface area contributed by atoms with E-state index in [4.69, 9.17) is 11.6 Å². The summed E-state index contributed by atoms with van der Waals surface area (Å²) in [5, 5.41) is 13.7. The summed E-state index contributed by atoms with van der Waals surface area (Å²) in [4.78, 5) is 28.9. The third-order valence-corrected chi connectivity index (χ3v) is 10.6. The Morgan fingerprint density at radius 3 is 2.34 bits per heavy atom. The van der Waals surface area contributed by atoms with Crippen LogP contribution in [0.2, 0.25) is 5.02 Å². The van der Waals surface area contributed by atoms with Gasteiger partial charge in [-0.25, -0.2) is 8.42 Å². The largest absolute Gasteiger partial charge is 0.403 e. The average molecular weight is 574 g/mol. The lowest BCUT2D eigenvalue weighted by molar-refractivity contribution is -0.199. The van der Waals surface area contributed by atoms with Crippen molar-refractivity contribution in [2.45, 2.75) is 60.0 Å². The molecule has 9 nitrogen and oxygen atoms in total. The number of rotatable bonds is 6. The molecule has 4 fully saturated rings. The number of nitriles is 1. The third-order valence-electron chi connectivity index (χ3n) is 8.00. The van der Waals surface area contributed by atoms with Gasteiger partial charge in [0.15, 0.2) is 9.84 Å². The molecule has 206 valence electrons. The highest BCUT2D eigenvalue weighted by Gasteiger charge is 2.70. The van der Waals surface area contributed by atoms with Gasteiger partial charge in [-0.3, -0.25) is 9.59 Å². The van der Waals surface area contributed by atoms with Gasteiger partial charge in [-0.2, -0.15) is 18.4 Å². The fraction of sp³-hybridized carbons (Fsp3) is 0.625. The Hall–Kier alpha value is -2.56. The van der Waals surface area contributed by atoms with Crippen molar-refractivity contribution < 1.29 is 31.2 Å². The van der Waals surface area contributed by atoms with Crippen molar-refractivity contribution in [1.82, 2.24) is 15.5 Å². The van der Waals surface area contributed by atoms with Crippen molar-refractivity contribution in [3.8, 4) is 6.07 Å². The fourth-order valence-corrected chi connectivity index (χ4v) is 7.48. The van der Waals surface area contributed by atoms with Crippen molar-refractivity contribution >= 4 is 38.9 Å². The van der Waals surface area contributed by atoms with E-state index >= 15 is 0 Å². The van der Waals surface area contributed by atoms with E-state index in [2.05, 4.69) is 10.6 Å². The number of hydrogen-bond donors (Lipinski definition) is 2. The monoisotopic (exact) mass is 573 g/mol. The molecule has 14 heteroatoms. The highest BCUT2D eigenvalue weighted by molar-refractivity contribution is 7.92. The lowest BCUT2D eigenvalue weighted by Crippen LogP contribution is -2.53. The maximum absolute atomic E-state index is 13.8. The molecule has 2 saturated carbocycles. The minimum absolute atomic E-state index is 0.0396. The molecule has 0 radical (unpaired) electrons. The first-order valence-electron chi connectivity index (χ1n) is 12.4. The SMILES string of the molecule is N#CC1(NC(=O)[C@@H]2C[C@@H](S(=O)(=O)c3ccc(N4CCNCC4)cc3Cl)CN2C(=O)C2(C(F)(F)F)CC2)CC1. The molecule has 2 amide bonds. The van der Waals surface area contributed by atoms with Gasteiger partial charge in [0.1, 0.15) is 17.0 Å². The Balaban J connectivity index is 1.43. The van der Waals surface area contributed by atoms with Gasteiger partial charge in [0, 0.05) is 38.4 Å². The second-order valence-electron chi connectivity index (χ2n) is 10.5. The zero-order valence-corrected chi connectivity index (χ0v) is 21.9. The zero-order chi connectivity index (χ0) is 27.5. The quantitative estimate of drug-likeness (QED) is 0.534. The van der Waals surface area contributed by atoms with E-state index in [1.165, 1.54) is 12.1 Å². The number of halogens is 4. The number of alkyl halides is 3. The van der Waals surface area contributed by atoms with Gasteiger partial charge in [0.05, 0.1) is 21.2 Å². The molecule has 1 aromatic carbocycles. The number of anilines is 1. The summed E-state index contributed by atoms with van der Waals surface area (Å²) < 4.78 is 68.6. The van der Waals surface area contributed by atoms with Gasteiger partial charge in [-0.1, -0.05) is 11.6 Å². The number of carbonyl (C=O) groups is 2. The lowest BCUT2D eigenvalue weighted by Gasteiger charge is -2.30. The van der Waals surface area contributed by atoms with Gasteiger partial charge in [-0.15, -0.1) is 0 Å². The van der Waals surface area contributed by atoms with E-state index in [1.807, 2.05) is 11.0 Å². The van der Waals surface area contributed by atoms with E-state index in [-0.39, 0.29) is 9.92 Å². The molecule has 0 bridgehead atoms. The van der Waals surface area contributed by atoms with Crippen molar-refractivity contribution in [3.05, 3.63) is 23.2 Å². The summed E-state index contributed by atoms with van der Waals surface area (Å²) in [5.74, 6) is -2.13. The molecule has 38 heavy (non-hydrogen) atoms. The molecule has 2 N–H and O–H groups in total. The molecule has 2 heterocycles. The minimum Gasteiger partial charge on any atom is -0.369 e. The fourth-order valence-electron chi connectivity index (χ4n) is 5.24. The van der Waals surface area contributed by atoms with Gasteiger partial charge in [-0.05, 0) is 50.3 Å². The van der Waals surface area contributed by atoms with E-state index in [0.29, 0.717) is 25.9 Å². The van der Waals surface area contributed by atoms with Crippen LogP contribution in [0.15, 0.2) is 23.1 Å². The number of amides is 2.